The summed E-state index contributed by atoms with van der Waals surface area (Å²) in [6.07, 6.45) is 1.88. The molecule has 1 aromatic carbocycles. The summed E-state index contributed by atoms with van der Waals surface area (Å²) >= 11 is 0. The van der Waals surface area contributed by atoms with Gasteiger partial charge in [-0.05, 0) is 51.5 Å². The molecule has 1 saturated heterocycles. The van der Waals surface area contributed by atoms with E-state index < -0.39 is 21.6 Å². The van der Waals surface area contributed by atoms with Gasteiger partial charge in [-0.2, -0.15) is 5.26 Å². The summed E-state index contributed by atoms with van der Waals surface area (Å²) in [5.41, 5.74) is 0.498. The van der Waals surface area contributed by atoms with E-state index in [0.717, 1.165) is 18.7 Å². The number of rotatable bonds is 7. The summed E-state index contributed by atoms with van der Waals surface area (Å²) in [5.74, 6) is -0.132. The summed E-state index contributed by atoms with van der Waals surface area (Å²) in [7, 11) is -3.91. The Hall–Kier alpha value is -3.16. The van der Waals surface area contributed by atoms with Gasteiger partial charge in [0.05, 0.1) is 22.2 Å². The third-order valence-corrected chi connectivity index (χ3v) is 6.62. The highest BCUT2D eigenvalue weighted by Crippen LogP contribution is 2.29. The first-order valence-electron chi connectivity index (χ1n) is 11.2. The van der Waals surface area contributed by atoms with Crippen LogP contribution in [0.3, 0.4) is 0 Å². The number of benzene rings is 1. The molecule has 0 unspecified atom stereocenters. The Kier molecular flexibility index (Phi) is 7.79. The molecule has 2 heterocycles. The number of aromatic nitrogens is 1. The van der Waals surface area contributed by atoms with E-state index in [0.29, 0.717) is 31.9 Å². The monoisotopic (exact) mass is 485 g/mol. The molecule has 182 valence electrons. The number of ether oxygens (including phenoxy) is 1. The lowest BCUT2D eigenvalue weighted by molar-refractivity contribution is 0.00691. The zero-order chi connectivity index (χ0) is 24.9. The summed E-state index contributed by atoms with van der Waals surface area (Å²) < 4.78 is 34.4. The van der Waals surface area contributed by atoms with E-state index in [1.165, 1.54) is 18.3 Å². The molecule has 0 amide bonds. The standard InChI is InChI=1S/C24H31N5O4S/c1-18-7-5-8-20(15-18)34(31,32)27-21-16-19(23(30)33-24(2,3)4)17-26-22(21)29-13-11-28(12-14-29)10-6-9-25/h5,7-8,15-17,27H,6,10-14H2,1-4H3. The third kappa shape index (κ3) is 6.68. The lowest BCUT2D eigenvalue weighted by Gasteiger charge is -2.35. The molecule has 0 bridgehead atoms. The Morgan fingerprint density at radius 1 is 1.21 bits per heavy atom. The minimum atomic E-state index is -3.91. The number of nitrogens with zero attached hydrogens (tertiary/aromatic N) is 4. The highest BCUT2D eigenvalue weighted by atomic mass is 32.2. The zero-order valence-electron chi connectivity index (χ0n) is 20.0. The number of aryl methyl sites for hydroxylation is 1. The van der Waals surface area contributed by atoms with Crippen LogP contribution in [0.2, 0.25) is 0 Å². The molecule has 10 heteroatoms. The van der Waals surface area contributed by atoms with Gasteiger partial charge in [0.1, 0.15) is 5.60 Å². The number of nitrogens with one attached hydrogen (secondary N) is 1. The number of piperazine rings is 1. The van der Waals surface area contributed by atoms with Gasteiger partial charge >= 0.3 is 5.97 Å². The number of hydrogen-bond donors (Lipinski definition) is 1. The number of nitriles is 1. The average Bonchev–Trinajstić information content (AvgIpc) is 2.77. The second kappa shape index (κ2) is 10.4. The normalized spacial score (nSPS) is 15.0. The highest BCUT2D eigenvalue weighted by molar-refractivity contribution is 7.92. The maximum atomic E-state index is 13.2. The Balaban J connectivity index is 1.93. The van der Waals surface area contributed by atoms with Gasteiger partial charge in [0.15, 0.2) is 5.82 Å². The lowest BCUT2D eigenvalue weighted by atomic mass is 10.2. The Morgan fingerprint density at radius 2 is 1.91 bits per heavy atom. The molecule has 2 aromatic rings. The van der Waals surface area contributed by atoms with Gasteiger partial charge in [0.2, 0.25) is 0 Å². The van der Waals surface area contributed by atoms with E-state index in [-0.39, 0.29) is 16.1 Å². The second-order valence-corrected chi connectivity index (χ2v) is 10.9. The molecule has 1 aliphatic heterocycles. The number of carbonyl (C=O) groups excluding carboxylic acids is 1. The van der Waals surface area contributed by atoms with Gasteiger partial charge in [0.25, 0.3) is 10.0 Å². The fourth-order valence-corrected chi connectivity index (χ4v) is 4.77. The highest BCUT2D eigenvalue weighted by Gasteiger charge is 2.26. The Morgan fingerprint density at radius 3 is 2.53 bits per heavy atom. The van der Waals surface area contributed by atoms with Crippen LogP contribution >= 0.6 is 0 Å². The first-order chi connectivity index (χ1) is 16.0. The van der Waals surface area contributed by atoms with Gasteiger partial charge in [-0.3, -0.25) is 9.62 Å². The molecule has 3 rings (SSSR count). The van der Waals surface area contributed by atoms with Crippen LogP contribution in [0.25, 0.3) is 0 Å². The lowest BCUT2D eigenvalue weighted by Crippen LogP contribution is -2.47. The molecule has 1 N–H and O–H groups in total. The van der Waals surface area contributed by atoms with Crippen LogP contribution in [0.5, 0.6) is 0 Å². The van der Waals surface area contributed by atoms with Crippen molar-refractivity contribution in [3.8, 4) is 6.07 Å². The minimum Gasteiger partial charge on any atom is -0.456 e. The zero-order valence-corrected chi connectivity index (χ0v) is 20.9. The molecule has 34 heavy (non-hydrogen) atoms. The topological polar surface area (TPSA) is 116 Å². The predicted molar refractivity (Wildman–Crippen MR) is 130 cm³/mol. The van der Waals surface area contributed by atoms with E-state index in [4.69, 9.17) is 10.00 Å². The molecule has 1 fully saturated rings. The third-order valence-electron chi connectivity index (χ3n) is 5.26. The average molecular weight is 486 g/mol. The van der Waals surface area contributed by atoms with Crippen LogP contribution in [0, 0.1) is 18.3 Å². The Bertz CT molecular complexity index is 1180. The number of esters is 1. The molecule has 0 aliphatic carbocycles. The van der Waals surface area contributed by atoms with Crippen molar-refractivity contribution >= 4 is 27.5 Å². The van der Waals surface area contributed by atoms with Crippen molar-refractivity contribution in [2.24, 2.45) is 0 Å². The fourth-order valence-electron chi connectivity index (χ4n) is 3.61. The molecule has 1 aromatic heterocycles. The fraction of sp³-hybridized carbons (Fsp3) is 0.458. The number of hydrogen-bond acceptors (Lipinski definition) is 8. The van der Waals surface area contributed by atoms with Gasteiger partial charge in [0, 0.05) is 45.3 Å². The second-order valence-electron chi connectivity index (χ2n) is 9.26. The van der Waals surface area contributed by atoms with E-state index in [1.54, 1.807) is 32.9 Å². The maximum Gasteiger partial charge on any atom is 0.340 e. The van der Waals surface area contributed by atoms with Crippen LogP contribution in [-0.4, -0.2) is 62.6 Å². The first-order valence-corrected chi connectivity index (χ1v) is 12.6. The van der Waals surface area contributed by atoms with Crippen molar-refractivity contribution in [3.05, 3.63) is 47.7 Å². The summed E-state index contributed by atoms with van der Waals surface area (Å²) in [6, 6.07) is 10.2. The molecule has 0 spiro atoms. The first kappa shape index (κ1) is 25.5. The summed E-state index contributed by atoms with van der Waals surface area (Å²) in [5, 5.41) is 8.82. The van der Waals surface area contributed by atoms with Crippen molar-refractivity contribution in [1.82, 2.24) is 9.88 Å². The van der Waals surface area contributed by atoms with E-state index in [9.17, 15) is 13.2 Å². The van der Waals surface area contributed by atoms with Crippen LogP contribution in [-0.2, 0) is 14.8 Å². The molecule has 0 radical (unpaired) electrons. The molecular formula is C24H31N5O4S. The molecule has 0 atom stereocenters. The van der Waals surface area contributed by atoms with Crippen LogP contribution < -0.4 is 9.62 Å². The smallest absolute Gasteiger partial charge is 0.340 e. The van der Waals surface area contributed by atoms with Gasteiger partial charge in [-0.1, -0.05) is 12.1 Å². The van der Waals surface area contributed by atoms with Crippen molar-refractivity contribution in [3.63, 3.8) is 0 Å². The van der Waals surface area contributed by atoms with Crippen molar-refractivity contribution in [2.45, 2.75) is 44.6 Å². The van der Waals surface area contributed by atoms with Crippen LogP contribution in [0.15, 0.2) is 41.4 Å². The van der Waals surface area contributed by atoms with Crippen LogP contribution in [0.1, 0.15) is 43.1 Å². The van der Waals surface area contributed by atoms with Crippen molar-refractivity contribution in [1.29, 1.82) is 5.26 Å². The number of sulfonamides is 1. The number of anilines is 2. The molecular weight excluding hydrogens is 454 g/mol. The van der Waals surface area contributed by atoms with Crippen molar-refractivity contribution in [2.75, 3.05) is 42.3 Å². The Labute approximate surface area is 201 Å². The number of carbonyl (C=O) groups is 1. The SMILES string of the molecule is Cc1cccc(S(=O)(=O)Nc2cc(C(=O)OC(C)(C)C)cnc2N2CCN(CCC#N)CC2)c1. The maximum absolute atomic E-state index is 13.2. The summed E-state index contributed by atoms with van der Waals surface area (Å²) in [4.78, 5) is 21.4. The summed E-state index contributed by atoms with van der Waals surface area (Å²) in [6.45, 7) is 10.5. The van der Waals surface area contributed by atoms with Gasteiger partial charge < -0.3 is 9.64 Å². The minimum absolute atomic E-state index is 0.127. The van der Waals surface area contributed by atoms with Gasteiger partial charge in [-0.15, -0.1) is 0 Å². The largest absolute Gasteiger partial charge is 0.456 e. The predicted octanol–water partition coefficient (Wildman–Crippen LogP) is 3.18. The van der Waals surface area contributed by atoms with Crippen molar-refractivity contribution < 1.29 is 17.9 Å². The molecule has 9 nitrogen and oxygen atoms in total. The van der Waals surface area contributed by atoms with E-state index >= 15 is 0 Å². The van der Waals surface area contributed by atoms with Gasteiger partial charge in [-0.25, -0.2) is 18.2 Å². The quantitative estimate of drug-likeness (QED) is 0.595. The van der Waals surface area contributed by atoms with E-state index in [1.807, 2.05) is 17.9 Å². The molecule has 1 aliphatic rings. The van der Waals surface area contributed by atoms with E-state index in [2.05, 4.69) is 20.7 Å². The van der Waals surface area contributed by atoms with Crippen LogP contribution in [0.4, 0.5) is 11.5 Å². The molecule has 0 saturated carbocycles. The number of pyridine rings is 1.